The zero-order valence-electron chi connectivity index (χ0n) is 15.5. The molecule has 4 rings (SSSR count). The number of alkyl halides is 1. The fraction of sp³-hybridized carbons (Fsp3) is 0.200. The van der Waals surface area contributed by atoms with Crippen LogP contribution in [0.15, 0.2) is 35.3 Å². The number of fused-ring (bicyclic) bond motifs is 2. The maximum atomic E-state index is 13.8. The van der Waals surface area contributed by atoms with Gasteiger partial charge in [0, 0.05) is 22.6 Å². The van der Waals surface area contributed by atoms with Crippen LogP contribution in [0.4, 0.5) is 19.5 Å². The number of aliphatic imine (C=N–C) groups is 1. The number of imidazole rings is 1. The topological polar surface area (TPSA) is 96.4 Å². The Morgan fingerprint density at radius 3 is 2.73 bits per heavy atom. The highest BCUT2D eigenvalue weighted by molar-refractivity contribution is 6.22. The van der Waals surface area contributed by atoms with Crippen LogP contribution in [-0.4, -0.2) is 46.6 Å². The first-order valence-electron chi connectivity index (χ1n) is 9.03. The van der Waals surface area contributed by atoms with Gasteiger partial charge in [-0.1, -0.05) is 6.07 Å². The number of amides is 1. The van der Waals surface area contributed by atoms with Crippen LogP contribution < -0.4 is 5.32 Å². The lowest BCUT2D eigenvalue weighted by atomic mass is 9.92. The number of benzene rings is 2. The number of anilines is 1. The first-order valence-corrected chi connectivity index (χ1v) is 9.56. The van der Waals surface area contributed by atoms with Gasteiger partial charge in [0.2, 0.25) is 5.95 Å². The summed E-state index contributed by atoms with van der Waals surface area (Å²) in [6, 6.07) is 6.96. The molecule has 2 heterocycles. The zero-order chi connectivity index (χ0) is 21.3. The van der Waals surface area contributed by atoms with Gasteiger partial charge in [-0.15, -0.1) is 11.6 Å². The number of hydrogen-bond acceptors (Lipinski definition) is 5. The fourth-order valence-electron chi connectivity index (χ4n) is 3.11. The fourth-order valence-corrected chi connectivity index (χ4v) is 3.22. The molecule has 2 N–H and O–H groups in total. The third-order valence-corrected chi connectivity index (χ3v) is 4.75. The van der Waals surface area contributed by atoms with Crippen LogP contribution in [0, 0.1) is 11.6 Å². The molecule has 0 bridgehead atoms. The molecule has 0 unspecified atom stereocenters. The average molecular weight is 433 g/mol. The molecule has 0 radical (unpaired) electrons. The molecule has 3 aromatic rings. The number of rotatable bonds is 5. The van der Waals surface area contributed by atoms with Crippen molar-refractivity contribution in [1.29, 1.82) is 0 Å². The van der Waals surface area contributed by atoms with Gasteiger partial charge in [-0.05, 0) is 30.7 Å². The predicted molar refractivity (Wildman–Crippen MR) is 108 cm³/mol. The summed E-state index contributed by atoms with van der Waals surface area (Å²) in [4.78, 5) is 35.3. The van der Waals surface area contributed by atoms with E-state index in [1.807, 2.05) is 0 Å². The van der Waals surface area contributed by atoms with E-state index in [4.69, 9.17) is 16.3 Å². The maximum absolute atomic E-state index is 13.8. The Labute approximate surface area is 174 Å². The van der Waals surface area contributed by atoms with Gasteiger partial charge in [-0.2, -0.15) is 0 Å². The first-order chi connectivity index (χ1) is 14.5. The van der Waals surface area contributed by atoms with Gasteiger partial charge in [-0.3, -0.25) is 15.1 Å². The lowest BCUT2D eigenvalue weighted by molar-refractivity contribution is 0.0999. The Balaban J connectivity index is 1.63. The molecular weight excluding hydrogens is 418 g/mol. The summed E-state index contributed by atoms with van der Waals surface area (Å²) in [7, 11) is 0. The van der Waals surface area contributed by atoms with E-state index in [0.717, 1.165) is 12.1 Å². The second-order valence-corrected chi connectivity index (χ2v) is 6.90. The van der Waals surface area contributed by atoms with Gasteiger partial charge in [-0.25, -0.2) is 18.6 Å². The summed E-state index contributed by atoms with van der Waals surface area (Å²) in [6.45, 7) is 0.0319. The zero-order valence-corrected chi connectivity index (χ0v) is 16.2. The summed E-state index contributed by atoms with van der Waals surface area (Å²) in [5.74, 6) is -1.95. The molecule has 2 aromatic carbocycles. The number of Topliss-reactive ketones (excluding diaryl/α,β-unsaturated/α-hetero) is 1. The lowest BCUT2D eigenvalue weighted by Gasteiger charge is -2.16. The molecule has 0 aliphatic carbocycles. The number of nitrogens with zero attached hydrogens (tertiary/aromatic N) is 2. The van der Waals surface area contributed by atoms with Gasteiger partial charge in [0.1, 0.15) is 6.54 Å². The van der Waals surface area contributed by atoms with Crippen LogP contribution in [0.25, 0.3) is 11.0 Å². The summed E-state index contributed by atoms with van der Waals surface area (Å²) >= 11 is 5.54. The van der Waals surface area contributed by atoms with E-state index in [-0.39, 0.29) is 36.0 Å². The molecule has 10 heteroatoms. The molecule has 0 fully saturated rings. The monoisotopic (exact) mass is 432 g/mol. The van der Waals surface area contributed by atoms with Gasteiger partial charge in [0.05, 0.1) is 23.4 Å². The minimum atomic E-state index is -1.08. The van der Waals surface area contributed by atoms with Crippen molar-refractivity contribution in [3.63, 3.8) is 0 Å². The van der Waals surface area contributed by atoms with Crippen LogP contribution in [0.3, 0.4) is 0 Å². The van der Waals surface area contributed by atoms with Gasteiger partial charge < -0.3 is 9.72 Å². The first kappa shape index (κ1) is 20.0. The normalized spacial score (nSPS) is 13.2. The van der Waals surface area contributed by atoms with Crippen molar-refractivity contribution >= 4 is 46.2 Å². The number of aromatic nitrogens is 2. The van der Waals surface area contributed by atoms with Gasteiger partial charge >= 0.3 is 6.09 Å². The highest BCUT2D eigenvalue weighted by Crippen LogP contribution is 2.25. The number of halogens is 3. The Morgan fingerprint density at radius 1 is 1.20 bits per heavy atom. The van der Waals surface area contributed by atoms with Crippen LogP contribution in [-0.2, 0) is 4.74 Å². The molecule has 1 aliphatic rings. The maximum Gasteiger partial charge on any atom is 0.413 e. The van der Waals surface area contributed by atoms with Crippen molar-refractivity contribution in [2.75, 3.05) is 24.3 Å². The predicted octanol–water partition coefficient (Wildman–Crippen LogP) is 4.05. The molecule has 0 atom stereocenters. The molecule has 0 spiro atoms. The summed E-state index contributed by atoms with van der Waals surface area (Å²) in [6.07, 6.45) is -0.129. The Kier molecular flexibility index (Phi) is 5.45. The van der Waals surface area contributed by atoms with E-state index in [1.54, 1.807) is 18.2 Å². The minimum Gasteiger partial charge on any atom is -0.449 e. The van der Waals surface area contributed by atoms with Crippen LogP contribution in [0.5, 0.6) is 0 Å². The van der Waals surface area contributed by atoms with Crippen molar-refractivity contribution in [3.05, 3.63) is 58.7 Å². The van der Waals surface area contributed by atoms with Crippen LogP contribution in [0.2, 0.25) is 0 Å². The number of ether oxygens (including phenoxy) is 1. The number of ketones is 1. The molecule has 0 saturated carbocycles. The smallest absolute Gasteiger partial charge is 0.413 e. The Morgan fingerprint density at radius 2 is 1.97 bits per heavy atom. The van der Waals surface area contributed by atoms with Gasteiger partial charge in [0.15, 0.2) is 17.4 Å². The van der Waals surface area contributed by atoms with Crippen LogP contribution >= 0.6 is 11.6 Å². The van der Waals surface area contributed by atoms with E-state index in [9.17, 15) is 18.4 Å². The molecule has 1 aromatic heterocycles. The summed E-state index contributed by atoms with van der Waals surface area (Å²) in [5.41, 5.74) is 2.41. The highest BCUT2D eigenvalue weighted by Gasteiger charge is 2.24. The van der Waals surface area contributed by atoms with E-state index >= 15 is 0 Å². The molecule has 1 amide bonds. The molecule has 7 nitrogen and oxygen atoms in total. The van der Waals surface area contributed by atoms with Crippen molar-refractivity contribution in [2.24, 2.45) is 4.99 Å². The second-order valence-electron chi connectivity index (χ2n) is 6.52. The highest BCUT2D eigenvalue weighted by atomic mass is 35.5. The number of hydrogen-bond donors (Lipinski definition) is 2. The van der Waals surface area contributed by atoms with E-state index in [2.05, 4.69) is 20.3 Å². The largest absolute Gasteiger partial charge is 0.449 e. The SMILES string of the molecule is O=C(Nc1nc2ccc(C3=NCC(=O)c4cc(F)c(F)cc43)cc2[nH]1)OCCCCl. The van der Waals surface area contributed by atoms with Crippen molar-refractivity contribution in [2.45, 2.75) is 6.42 Å². The van der Waals surface area contributed by atoms with Gasteiger partial charge in [0.25, 0.3) is 0 Å². The average Bonchev–Trinajstić information content (AvgIpc) is 3.11. The number of H-pyrrole nitrogens is 1. The number of carbonyl (C=O) groups excluding carboxylic acids is 2. The standard InChI is InChI=1S/C20H15ClF2N4O3/c21-4-1-5-30-20(29)27-19-25-15-3-2-10(6-16(15)26-19)18-12-8-14(23)13(22)7-11(12)17(28)9-24-18/h2-3,6-8H,1,4-5,9H2,(H2,25,26,27,29). The minimum absolute atomic E-state index is 0.0886. The third kappa shape index (κ3) is 3.88. The Bertz CT molecular complexity index is 1190. The van der Waals surface area contributed by atoms with Crippen molar-refractivity contribution in [1.82, 2.24) is 9.97 Å². The molecule has 30 heavy (non-hydrogen) atoms. The molecule has 1 aliphatic heterocycles. The quantitative estimate of drug-likeness (QED) is 0.469. The summed E-state index contributed by atoms with van der Waals surface area (Å²) < 4.78 is 32.3. The second kappa shape index (κ2) is 8.19. The lowest BCUT2D eigenvalue weighted by Crippen LogP contribution is -2.20. The molecule has 0 saturated heterocycles. The molecular formula is C20H15ClF2N4O3. The summed E-state index contributed by atoms with van der Waals surface area (Å²) in [5, 5.41) is 2.49. The van der Waals surface area contributed by atoms with E-state index < -0.39 is 17.7 Å². The van der Waals surface area contributed by atoms with Crippen LogP contribution in [0.1, 0.15) is 27.9 Å². The van der Waals surface area contributed by atoms with E-state index in [0.29, 0.717) is 34.6 Å². The third-order valence-electron chi connectivity index (χ3n) is 4.48. The molecule has 154 valence electrons. The van der Waals surface area contributed by atoms with Crippen molar-refractivity contribution in [3.8, 4) is 0 Å². The number of nitrogens with one attached hydrogen (secondary N) is 2. The van der Waals surface area contributed by atoms with E-state index in [1.165, 1.54) is 0 Å². The number of aromatic amines is 1. The Hall–Kier alpha value is -3.33. The van der Waals surface area contributed by atoms with Crippen molar-refractivity contribution < 1.29 is 23.1 Å². The number of carbonyl (C=O) groups is 2.